The maximum absolute atomic E-state index is 13.7. The number of nitrogens with one attached hydrogen (secondary N) is 1. The quantitative estimate of drug-likeness (QED) is 0.769. The van der Waals surface area contributed by atoms with E-state index < -0.39 is 15.8 Å². The van der Waals surface area contributed by atoms with Crippen LogP contribution < -0.4 is 16.2 Å². The first-order valence-corrected chi connectivity index (χ1v) is 7.72. The number of primary sulfonamides is 1. The van der Waals surface area contributed by atoms with Crippen molar-refractivity contribution in [3.63, 3.8) is 0 Å². The largest absolute Gasteiger partial charge is 0.382 e. The van der Waals surface area contributed by atoms with Crippen molar-refractivity contribution in [3.05, 3.63) is 24.0 Å². The molecule has 1 aromatic carbocycles. The Morgan fingerprint density at radius 3 is 2.63 bits per heavy atom. The summed E-state index contributed by atoms with van der Waals surface area (Å²) in [4.78, 5) is -0.224. The number of benzene rings is 1. The molecular formula is C12H18FN3O2S. The maximum atomic E-state index is 13.7. The molecule has 2 unspecified atom stereocenters. The molecule has 5 N–H and O–H groups in total. The zero-order chi connectivity index (χ0) is 14.0. The maximum Gasteiger partial charge on any atom is 0.238 e. The van der Waals surface area contributed by atoms with Gasteiger partial charge in [0, 0.05) is 12.6 Å². The van der Waals surface area contributed by atoms with E-state index in [2.05, 4.69) is 5.32 Å². The van der Waals surface area contributed by atoms with Crippen molar-refractivity contribution >= 4 is 15.7 Å². The average Bonchev–Trinajstić information content (AvgIpc) is 2.72. The summed E-state index contributed by atoms with van der Waals surface area (Å²) in [5, 5.41) is 7.92. The van der Waals surface area contributed by atoms with Crippen LogP contribution in [0, 0.1) is 11.7 Å². The highest BCUT2D eigenvalue weighted by atomic mass is 32.2. The van der Waals surface area contributed by atoms with Gasteiger partial charge in [0.15, 0.2) is 0 Å². The molecule has 1 aliphatic carbocycles. The van der Waals surface area contributed by atoms with Gasteiger partial charge < -0.3 is 11.1 Å². The van der Waals surface area contributed by atoms with Gasteiger partial charge in [-0.1, -0.05) is 0 Å². The lowest BCUT2D eigenvalue weighted by molar-refractivity contribution is 0.560. The van der Waals surface area contributed by atoms with Crippen LogP contribution in [-0.4, -0.2) is 21.0 Å². The van der Waals surface area contributed by atoms with Gasteiger partial charge in [-0.15, -0.1) is 0 Å². The van der Waals surface area contributed by atoms with E-state index in [0.717, 1.165) is 25.3 Å². The molecule has 0 heterocycles. The highest BCUT2D eigenvalue weighted by molar-refractivity contribution is 7.89. The third-order valence-electron chi connectivity index (χ3n) is 3.43. The van der Waals surface area contributed by atoms with Crippen LogP contribution in [0.1, 0.15) is 19.3 Å². The lowest BCUT2D eigenvalue weighted by atomic mass is 10.1. The second-order valence-corrected chi connectivity index (χ2v) is 6.57. The number of hydrogen-bond donors (Lipinski definition) is 3. The highest BCUT2D eigenvalue weighted by Crippen LogP contribution is 2.25. The number of hydrogen-bond acceptors (Lipinski definition) is 4. The Morgan fingerprint density at radius 1 is 1.37 bits per heavy atom. The Hall–Kier alpha value is -1.18. The smallest absolute Gasteiger partial charge is 0.238 e. The van der Waals surface area contributed by atoms with Crippen molar-refractivity contribution in [2.75, 3.05) is 11.9 Å². The number of sulfonamides is 1. The molecule has 0 bridgehead atoms. The molecule has 7 heteroatoms. The van der Waals surface area contributed by atoms with Gasteiger partial charge in [0.05, 0.1) is 10.6 Å². The molecule has 0 aromatic heterocycles. The summed E-state index contributed by atoms with van der Waals surface area (Å²) < 4.78 is 35.9. The SMILES string of the molecule is NC1CCC(CNc2ccc(S(N)(=O)=O)cc2F)C1. The van der Waals surface area contributed by atoms with Crippen molar-refractivity contribution in [2.24, 2.45) is 16.8 Å². The molecule has 0 spiro atoms. The first kappa shape index (κ1) is 14.2. The van der Waals surface area contributed by atoms with E-state index in [-0.39, 0.29) is 16.6 Å². The summed E-state index contributed by atoms with van der Waals surface area (Å²) in [7, 11) is -3.86. The molecule has 1 aromatic rings. The van der Waals surface area contributed by atoms with Crippen LogP contribution in [0.25, 0.3) is 0 Å². The predicted octanol–water partition coefficient (Wildman–Crippen LogP) is 1.01. The summed E-state index contributed by atoms with van der Waals surface area (Å²) in [6.07, 6.45) is 2.97. The van der Waals surface area contributed by atoms with Gasteiger partial charge in [-0.25, -0.2) is 17.9 Å². The van der Waals surface area contributed by atoms with E-state index in [1.807, 2.05) is 0 Å². The van der Waals surface area contributed by atoms with E-state index in [1.165, 1.54) is 12.1 Å². The van der Waals surface area contributed by atoms with Gasteiger partial charge in [0.2, 0.25) is 10.0 Å². The zero-order valence-corrected chi connectivity index (χ0v) is 11.3. The molecule has 0 radical (unpaired) electrons. The Balaban J connectivity index is 2.02. The summed E-state index contributed by atoms with van der Waals surface area (Å²) in [5.41, 5.74) is 6.09. The molecule has 1 fully saturated rings. The van der Waals surface area contributed by atoms with Crippen LogP contribution in [0.15, 0.2) is 23.1 Å². The van der Waals surface area contributed by atoms with Crippen molar-refractivity contribution in [2.45, 2.75) is 30.2 Å². The van der Waals surface area contributed by atoms with Gasteiger partial charge >= 0.3 is 0 Å². The molecule has 19 heavy (non-hydrogen) atoms. The van der Waals surface area contributed by atoms with E-state index in [1.54, 1.807) is 0 Å². The molecule has 1 saturated carbocycles. The van der Waals surface area contributed by atoms with Crippen LogP contribution in [-0.2, 0) is 10.0 Å². The normalized spacial score (nSPS) is 23.5. The average molecular weight is 287 g/mol. The van der Waals surface area contributed by atoms with Gasteiger partial charge in [0.25, 0.3) is 0 Å². The highest BCUT2D eigenvalue weighted by Gasteiger charge is 2.21. The van der Waals surface area contributed by atoms with Crippen molar-refractivity contribution in [3.8, 4) is 0 Å². The van der Waals surface area contributed by atoms with Crippen molar-refractivity contribution in [1.29, 1.82) is 0 Å². The minimum Gasteiger partial charge on any atom is -0.382 e. The summed E-state index contributed by atoms with van der Waals surface area (Å²) in [6.45, 7) is 0.638. The van der Waals surface area contributed by atoms with E-state index in [9.17, 15) is 12.8 Å². The number of anilines is 1. The van der Waals surface area contributed by atoms with Crippen LogP contribution in [0.4, 0.5) is 10.1 Å². The minimum absolute atomic E-state index is 0.224. The standard InChI is InChI=1S/C12H18FN3O2S/c13-11-6-10(19(15,17)18)3-4-12(11)16-7-8-1-2-9(14)5-8/h3-4,6,8-9,16H,1-2,5,7,14H2,(H2,15,17,18). The molecule has 0 saturated heterocycles. The monoisotopic (exact) mass is 287 g/mol. The Morgan fingerprint density at radius 2 is 2.11 bits per heavy atom. The van der Waals surface area contributed by atoms with E-state index in [4.69, 9.17) is 10.9 Å². The fourth-order valence-corrected chi connectivity index (χ4v) is 2.89. The minimum atomic E-state index is -3.86. The van der Waals surface area contributed by atoms with Gasteiger partial charge in [0.1, 0.15) is 5.82 Å². The van der Waals surface area contributed by atoms with Crippen molar-refractivity contribution < 1.29 is 12.8 Å². The van der Waals surface area contributed by atoms with Crippen LogP contribution in [0.2, 0.25) is 0 Å². The fraction of sp³-hybridized carbons (Fsp3) is 0.500. The lowest BCUT2D eigenvalue weighted by Crippen LogP contribution is -2.18. The number of halogens is 1. The lowest BCUT2D eigenvalue weighted by Gasteiger charge is -2.13. The summed E-state index contributed by atoms with van der Waals surface area (Å²) in [5.74, 6) is -0.180. The van der Waals surface area contributed by atoms with Gasteiger partial charge in [-0.3, -0.25) is 0 Å². The van der Waals surface area contributed by atoms with Crippen LogP contribution in [0.5, 0.6) is 0 Å². The van der Waals surface area contributed by atoms with E-state index >= 15 is 0 Å². The third-order valence-corrected chi connectivity index (χ3v) is 4.34. The van der Waals surface area contributed by atoms with Crippen LogP contribution in [0.3, 0.4) is 0 Å². The second kappa shape index (κ2) is 5.44. The van der Waals surface area contributed by atoms with E-state index in [0.29, 0.717) is 12.5 Å². The van der Waals surface area contributed by atoms with Gasteiger partial charge in [-0.2, -0.15) is 0 Å². The topological polar surface area (TPSA) is 98.2 Å². The molecular weight excluding hydrogens is 269 g/mol. The first-order valence-electron chi connectivity index (χ1n) is 6.18. The predicted molar refractivity (Wildman–Crippen MR) is 71.6 cm³/mol. The molecule has 0 aliphatic heterocycles. The Labute approximate surface area is 112 Å². The molecule has 2 atom stereocenters. The Bertz CT molecular complexity index is 562. The number of nitrogens with two attached hydrogens (primary N) is 2. The fourth-order valence-electron chi connectivity index (χ4n) is 2.37. The van der Waals surface area contributed by atoms with Gasteiger partial charge in [-0.05, 0) is 43.4 Å². The first-order chi connectivity index (χ1) is 8.86. The molecule has 2 rings (SSSR count). The molecule has 106 valence electrons. The second-order valence-electron chi connectivity index (χ2n) is 5.01. The summed E-state index contributed by atoms with van der Waals surface area (Å²) in [6, 6.07) is 3.85. The molecule has 1 aliphatic rings. The van der Waals surface area contributed by atoms with Crippen molar-refractivity contribution in [1.82, 2.24) is 0 Å². The molecule has 0 amide bonds. The number of rotatable bonds is 4. The third kappa shape index (κ3) is 3.65. The molecule has 5 nitrogen and oxygen atoms in total. The van der Waals surface area contributed by atoms with Crippen LogP contribution >= 0.6 is 0 Å². The Kier molecular flexibility index (Phi) is 4.07. The summed E-state index contributed by atoms with van der Waals surface area (Å²) >= 11 is 0. The zero-order valence-electron chi connectivity index (χ0n) is 10.5.